The lowest BCUT2D eigenvalue weighted by atomic mass is 10.2. The molecule has 0 unspecified atom stereocenters. The molecule has 3 rings (SSSR count). The number of hydrogen-bond acceptors (Lipinski definition) is 7. The van der Waals surface area contributed by atoms with E-state index in [2.05, 4.69) is 66.2 Å². The van der Waals surface area contributed by atoms with Gasteiger partial charge >= 0.3 is 0 Å². The predicted octanol–water partition coefficient (Wildman–Crippen LogP) is 4.43. The molecule has 0 atom stereocenters. The maximum absolute atomic E-state index is 8.48. The molecule has 0 saturated carbocycles. The van der Waals surface area contributed by atoms with E-state index in [0.29, 0.717) is 10.7 Å². The van der Waals surface area contributed by atoms with Crippen LogP contribution in [-0.4, -0.2) is 15.3 Å². The van der Waals surface area contributed by atoms with E-state index in [1.807, 2.05) is 49.6 Å². The van der Waals surface area contributed by atoms with Crippen LogP contribution in [0.5, 0.6) is 0 Å². The molecule has 0 aliphatic rings. The van der Waals surface area contributed by atoms with Gasteiger partial charge in [-0.1, -0.05) is 61.4 Å². The standard InChI is InChI=1S/C9H8BrN3S.C8H6BrN.CH5N3S.H2/c1-5-2-3-6(4-7(5)10)8-12-13-9(11)14-8;1-6-2-3-7(5-10)4-8(6)9;2-1(5)4-3;/h2-4H,1H3,(H2,11,13);2-4H,1H3;3H2,(H3,2,4,5);1H. The molecule has 0 spiro atoms. The van der Waals surface area contributed by atoms with Crippen LogP contribution < -0.4 is 22.7 Å². The summed E-state index contributed by atoms with van der Waals surface area (Å²) in [4.78, 5) is 0. The highest BCUT2D eigenvalue weighted by molar-refractivity contribution is 9.10. The Labute approximate surface area is 197 Å². The molecule has 3 aromatic rings. The number of anilines is 1. The van der Waals surface area contributed by atoms with E-state index < -0.39 is 0 Å². The van der Waals surface area contributed by atoms with Crippen molar-refractivity contribution in [1.82, 2.24) is 15.6 Å². The fourth-order valence-electron chi connectivity index (χ4n) is 1.74. The van der Waals surface area contributed by atoms with Crippen molar-refractivity contribution in [3.63, 3.8) is 0 Å². The normalized spacial score (nSPS) is 9.24. The topological polar surface area (TPSA) is 140 Å². The molecule has 0 saturated heterocycles. The predicted molar refractivity (Wildman–Crippen MR) is 132 cm³/mol. The fraction of sp³-hybridized carbons (Fsp3) is 0.111. The van der Waals surface area contributed by atoms with Crippen LogP contribution in [0, 0.1) is 25.2 Å². The van der Waals surface area contributed by atoms with Gasteiger partial charge in [-0.25, -0.2) is 5.84 Å². The van der Waals surface area contributed by atoms with Gasteiger partial charge < -0.3 is 16.9 Å². The van der Waals surface area contributed by atoms with Crippen LogP contribution in [0.1, 0.15) is 18.1 Å². The zero-order valence-corrected chi connectivity index (χ0v) is 20.4. The number of nitrogens with two attached hydrogens (primary N) is 3. The van der Waals surface area contributed by atoms with Crippen molar-refractivity contribution in [2.45, 2.75) is 13.8 Å². The smallest absolute Gasteiger partial charge is 0.203 e. The first-order valence-corrected chi connectivity index (χ1v) is 10.8. The van der Waals surface area contributed by atoms with E-state index in [4.69, 9.17) is 16.7 Å². The van der Waals surface area contributed by atoms with E-state index in [1.54, 1.807) is 6.07 Å². The summed E-state index contributed by atoms with van der Waals surface area (Å²) in [5.41, 5.74) is 16.4. The maximum Gasteiger partial charge on any atom is 0.203 e. The van der Waals surface area contributed by atoms with Gasteiger partial charge in [-0.05, 0) is 55.4 Å². The molecule has 0 radical (unpaired) electrons. The minimum Gasteiger partial charge on any atom is -0.375 e. The SMILES string of the molecule is Cc1ccc(-c2nnc(N)s2)cc1Br.Cc1ccc(C#N)cc1Br.NNC(N)=S.[HH]. The summed E-state index contributed by atoms with van der Waals surface area (Å²) in [6.07, 6.45) is 0. The first kappa shape index (κ1) is 24.9. The van der Waals surface area contributed by atoms with Crippen molar-refractivity contribution in [2.24, 2.45) is 11.6 Å². The van der Waals surface area contributed by atoms with Gasteiger partial charge in [-0.2, -0.15) is 5.26 Å². The number of nitriles is 1. The number of thiocarbonyl (C=S) groups is 1. The molecule has 0 amide bonds. The number of hydrazine groups is 1. The molecular weight excluding hydrogens is 538 g/mol. The second-order valence-corrected chi connectivity index (χ2v) is 8.65. The minimum absolute atomic E-state index is 0. The molecule has 29 heavy (non-hydrogen) atoms. The summed E-state index contributed by atoms with van der Waals surface area (Å²) in [6, 6.07) is 13.7. The van der Waals surface area contributed by atoms with E-state index in [1.165, 1.54) is 16.9 Å². The number of halogens is 2. The third-order valence-electron chi connectivity index (χ3n) is 3.30. The van der Waals surface area contributed by atoms with Crippen molar-refractivity contribution in [1.29, 1.82) is 5.26 Å². The van der Waals surface area contributed by atoms with Gasteiger partial charge in [0.1, 0.15) is 5.01 Å². The number of nitrogens with one attached hydrogen (secondary N) is 1. The monoisotopic (exact) mass is 557 g/mol. The molecule has 2 aromatic carbocycles. The van der Waals surface area contributed by atoms with Gasteiger partial charge in [0.15, 0.2) is 5.11 Å². The van der Waals surface area contributed by atoms with Crippen LogP contribution in [0.25, 0.3) is 10.6 Å². The van der Waals surface area contributed by atoms with Crippen LogP contribution in [0.3, 0.4) is 0 Å². The van der Waals surface area contributed by atoms with Crippen molar-refractivity contribution >= 4 is 65.7 Å². The van der Waals surface area contributed by atoms with Crippen molar-refractivity contribution in [3.05, 3.63) is 62.0 Å². The number of benzene rings is 2. The number of nitrogens with zero attached hydrogens (tertiary/aromatic N) is 3. The largest absolute Gasteiger partial charge is 0.375 e. The van der Waals surface area contributed by atoms with Crippen molar-refractivity contribution in [3.8, 4) is 16.6 Å². The Morgan fingerprint density at radius 2 is 1.69 bits per heavy atom. The summed E-state index contributed by atoms with van der Waals surface area (Å²) < 4.78 is 2.07. The lowest BCUT2D eigenvalue weighted by molar-refractivity contribution is 1.03. The Hall–Kier alpha value is -2.10. The molecular formula is C18H21Br2N7S2. The highest BCUT2D eigenvalue weighted by Gasteiger charge is 2.05. The van der Waals surface area contributed by atoms with Gasteiger partial charge in [0, 0.05) is 15.9 Å². The molecule has 0 bridgehead atoms. The first-order valence-electron chi connectivity index (χ1n) is 7.95. The molecule has 7 N–H and O–H groups in total. The van der Waals surface area contributed by atoms with Gasteiger partial charge in [-0.3, -0.25) is 0 Å². The summed E-state index contributed by atoms with van der Waals surface area (Å²) in [5.74, 6) is 4.66. The molecule has 0 fully saturated rings. The zero-order chi connectivity index (χ0) is 22.0. The first-order chi connectivity index (χ1) is 13.7. The average Bonchev–Trinajstić information content (AvgIpc) is 3.13. The minimum atomic E-state index is 0. The van der Waals surface area contributed by atoms with Crippen molar-refractivity contribution in [2.75, 3.05) is 5.73 Å². The number of aromatic nitrogens is 2. The molecule has 0 aliphatic heterocycles. The average molecular weight is 559 g/mol. The van der Waals surface area contributed by atoms with E-state index in [9.17, 15) is 0 Å². The van der Waals surface area contributed by atoms with Gasteiger partial charge in [0.05, 0.1) is 11.6 Å². The van der Waals surface area contributed by atoms with Gasteiger partial charge in [-0.15, -0.1) is 10.2 Å². The Morgan fingerprint density at radius 1 is 1.14 bits per heavy atom. The van der Waals surface area contributed by atoms with E-state index >= 15 is 0 Å². The second kappa shape index (κ2) is 12.5. The van der Waals surface area contributed by atoms with Crippen LogP contribution >= 0.6 is 55.4 Å². The number of aryl methyl sites for hydroxylation is 2. The van der Waals surface area contributed by atoms with Crippen LogP contribution in [-0.2, 0) is 0 Å². The number of nitrogen functional groups attached to an aromatic ring is 1. The highest BCUT2D eigenvalue weighted by atomic mass is 79.9. The Bertz CT molecular complexity index is 1020. The molecule has 0 aliphatic carbocycles. The summed E-state index contributed by atoms with van der Waals surface area (Å²) in [6.45, 7) is 4.04. The van der Waals surface area contributed by atoms with Gasteiger partial charge in [0.2, 0.25) is 5.13 Å². The lowest BCUT2D eigenvalue weighted by Crippen LogP contribution is -2.34. The maximum atomic E-state index is 8.48. The third kappa shape index (κ3) is 8.84. The second-order valence-electron chi connectivity index (χ2n) is 5.49. The Kier molecular flexibility index (Phi) is 10.7. The Balaban J connectivity index is 0.000000463. The molecule has 11 heteroatoms. The zero-order valence-electron chi connectivity index (χ0n) is 15.6. The summed E-state index contributed by atoms with van der Waals surface area (Å²) in [5, 5.41) is 17.7. The molecule has 7 nitrogen and oxygen atoms in total. The quantitative estimate of drug-likeness (QED) is 0.195. The molecule has 1 aromatic heterocycles. The van der Waals surface area contributed by atoms with Crippen LogP contribution in [0.2, 0.25) is 0 Å². The fourth-order valence-corrected chi connectivity index (χ4v) is 3.10. The molecule has 154 valence electrons. The number of rotatable bonds is 1. The van der Waals surface area contributed by atoms with Crippen molar-refractivity contribution < 1.29 is 1.43 Å². The highest BCUT2D eigenvalue weighted by Crippen LogP contribution is 2.28. The van der Waals surface area contributed by atoms with Crippen LogP contribution in [0.4, 0.5) is 5.13 Å². The van der Waals surface area contributed by atoms with E-state index in [-0.39, 0.29) is 6.54 Å². The lowest BCUT2D eigenvalue weighted by Gasteiger charge is -1.99. The van der Waals surface area contributed by atoms with Crippen LogP contribution in [0.15, 0.2) is 45.3 Å². The molecule has 1 heterocycles. The third-order valence-corrected chi connectivity index (χ3v) is 5.93. The van der Waals surface area contributed by atoms with E-state index in [0.717, 1.165) is 25.1 Å². The Morgan fingerprint density at radius 3 is 2.10 bits per heavy atom. The van der Waals surface area contributed by atoms with Gasteiger partial charge in [0.25, 0.3) is 0 Å². The summed E-state index contributed by atoms with van der Waals surface area (Å²) >= 11 is 12.4. The summed E-state index contributed by atoms with van der Waals surface area (Å²) in [7, 11) is 0. The number of hydrogen-bond donors (Lipinski definition) is 4.